The Morgan fingerprint density at radius 1 is 0.875 bits per heavy atom. The Balaban J connectivity index is 0.000000798. The molecule has 3 aliphatic rings. The molecule has 1 aromatic heterocycles. The van der Waals surface area contributed by atoms with Gasteiger partial charge in [0.1, 0.15) is 6.04 Å². The first kappa shape index (κ1) is 46.7. The van der Waals surface area contributed by atoms with Crippen LogP contribution >= 0.6 is 23.4 Å². The number of nitrogens with one attached hydrogen (secondary N) is 1. The van der Waals surface area contributed by atoms with Crippen LogP contribution in [-0.2, 0) is 40.8 Å². The number of methoxy groups -OCH3 is 1. The van der Waals surface area contributed by atoms with Crippen LogP contribution in [0.2, 0.25) is 5.02 Å². The van der Waals surface area contributed by atoms with E-state index in [1.54, 1.807) is 18.7 Å². The fourth-order valence-electron chi connectivity index (χ4n) is 8.87. The van der Waals surface area contributed by atoms with Crippen LogP contribution in [0.5, 0.6) is 11.5 Å². The van der Waals surface area contributed by atoms with Gasteiger partial charge in [0.15, 0.2) is 11.5 Å². The minimum absolute atomic E-state index is 0.0241. The number of imide groups is 1. The number of fused-ring (bicyclic) bond motifs is 2. The standard InChI is InChI=1S/C44H56N6O6S.C6H5Cl/c1-29(2)56-40-25-33-28-49(42(52)26-32(33)24-39(40)55-5)35-11-9-34(10-12-35)46(3)27-31-16-18-48(19-17-31)20-22-57-21-6-7-30-8-13-36-38(23-30)47(4)44(54)50(36)37-14-15-41(51)45-43(37)53;7-6-4-2-1-3-5-6/h8-13,23-25,29,31,37H,6-7,14-22,26-28H2,1-5H3,(H,45,51,53);1-5H. The predicted molar refractivity (Wildman–Crippen MR) is 258 cm³/mol. The van der Waals surface area contributed by atoms with E-state index in [-0.39, 0.29) is 30.0 Å². The van der Waals surface area contributed by atoms with Gasteiger partial charge in [0.05, 0.1) is 37.2 Å². The van der Waals surface area contributed by atoms with E-state index in [9.17, 15) is 19.2 Å². The molecule has 0 radical (unpaired) electrons. The minimum atomic E-state index is -0.663. The summed E-state index contributed by atoms with van der Waals surface area (Å²) in [6.45, 7) is 8.87. The summed E-state index contributed by atoms with van der Waals surface area (Å²) in [5.74, 6) is 3.60. The van der Waals surface area contributed by atoms with Crippen LogP contribution in [0.3, 0.4) is 0 Å². The molecular formula is C50H61ClN6O6S. The summed E-state index contributed by atoms with van der Waals surface area (Å²) in [5, 5.41) is 3.17. The van der Waals surface area contributed by atoms with Crippen molar-refractivity contribution in [2.24, 2.45) is 13.0 Å². The number of aryl methyl sites for hydroxylation is 2. The maximum absolute atomic E-state index is 13.2. The number of likely N-dealkylation sites (tertiary alicyclic amines) is 1. The summed E-state index contributed by atoms with van der Waals surface area (Å²) in [7, 11) is 5.54. The van der Waals surface area contributed by atoms with Gasteiger partial charge in [-0.3, -0.25) is 28.8 Å². The number of thioether (sulfide) groups is 1. The Hall–Kier alpha value is -5.24. The second-order valence-electron chi connectivity index (χ2n) is 17.3. The lowest BCUT2D eigenvalue weighted by Gasteiger charge is -2.34. The summed E-state index contributed by atoms with van der Waals surface area (Å²) in [6.07, 6.45) is 5.30. The Morgan fingerprint density at radius 2 is 1.61 bits per heavy atom. The number of carbonyl (C=O) groups is 3. The number of anilines is 2. The van der Waals surface area contributed by atoms with E-state index in [4.69, 9.17) is 21.1 Å². The smallest absolute Gasteiger partial charge is 0.329 e. The molecule has 3 aliphatic heterocycles. The van der Waals surface area contributed by atoms with Gasteiger partial charge < -0.3 is 24.2 Å². The van der Waals surface area contributed by atoms with Crippen molar-refractivity contribution < 1.29 is 23.9 Å². The lowest BCUT2D eigenvalue weighted by molar-refractivity contribution is -0.135. The zero-order valence-corrected chi connectivity index (χ0v) is 39.3. The summed E-state index contributed by atoms with van der Waals surface area (Å²) >= 11 is 7.54. The quantitative estimate of drug-likeness (QED) is 0.0823. The number of benzene rings is 4. The number of piperidine rings is 2. The molecule has 0 spiro atoms. The van der Waals surface area contributed by atoms with Crippen LogP contribution in [-0.4, -0.2) is 89.7 Å². The number of rotatable bonds is 15. The zero-order valence-electron chi connectivity index (χ0n) is 37.7. The summed E-state index contributed by atoms with van der Waals surface area (Å²) in [6, 6.07) is 27.2. The van der Waals surface area contributed by atoms with Gasteiger partial charge in [-0.25, -0.2) is 4.79 Å². The second-order valence-corrected chi connectivity index (χ2v) is 19.0. The van der Waals surface area contributed by atoms with Crippen molar-refractivity contribution in [3.8, 4) is 11.5 Å². The monoisotopic (exact) mass is 908 g/mol. The third kappa shape index (κ3) is 11.5. The molecule has 3 amide bonds. The molecule has 2 fully saturated rings. The SMILES string of the molecule is COc1cc2c(cc1OC(C)C)CN(c1ccc(N(C)CC3CCN(CCSCCCc4ccc5c(c4)n(C)c(=O)n5C4CCC(=O)NC4=O)CC3)cc1)C(=O)C2.Clc1ccccc1. The summed E-state index contributed by atoms with van der Waals surface area (Å²) < 4.78 is 14.7. The third-order valence-corrected chi connectivity index (χ3v) is 13.7. The van der Waals surface area contributed by atoms with E-state index < -0.39 is 11.9 Å². The first-order valence-electron chi connectivity index (χ1n) is 22.4. The Kier molecular flexibility index (Phi) is 15.8. The predicted octanol–water partition coefficient (Wildman–Crippen LogP) is 8.06. The fourth-order valence-corrected chi connectivity index (χ4v) is 9.95. The molecule has 14 heteroatoms. The molecule has 1 atom stereocenters. The summed E-state index contributed by atoms with van der Waals surface area (Å²) in [5.41, 5.74) is 6.63. The van der Waals surface area contributed by atoms with Crippen molar-refractivity contribution in [1.29, 1.82) is 0 Å². The number of carbonyl (C=O) groups excluding carboxylic acids is 3. The van der Waals surface area contributed by atoms with Gasteiger partial charge in [-0.05, 0) is 148 Å². The fraction of sp³-hybridized carbons (Fsp3) is 0.440. The molecule has 4 aromatic carbocycles. The van der Waals surface area contributed by atoms with Crippen molar-refractivity contribution in [1.82, 2.24) is 19.4 Å². The van der Waals surface area contributed by atoms with Gasteiger partial charge in [0.2, 0.25) is 17.7 Å². The van der Waals surface area contributed by atoms with Crippen molar-refractivity contribution in [3.63, 3.8) is 0 Å². The van der Waals surface area contributed by atoms with E-state index >= 15 is 0 Å². The first-order valence-corrected chi connectivity index (χ1v) is 23.9. The highest BCUT2D eigenvalue weighted by Gasteiger charge is 2.31. The highest BCUT2D eigenvalue weighted by molar-refractivity contribution is 7.99. The molecular weight excluding hydrogens is 848 g/mol. The van der Waals surface area contributed by atoms with E-state index in [2.05, 4.69) is 58.6 Å². The van der Waals surface area contributed by atoms with Crippen LogP contribution < -0.4 is 30.3 Å². The highest BCUT2D eigenvalue weighted by atomic mass is 35.5. The van der Waals surface area contributed by atoms with Crippen molar-refractivity contribution in [3.05, 3.63) is 117 Å². The van der Waals surface area contributed by atoms with Crippen molar-refractivity contribution in [2.75, 3.05) is 61.6 Å². The average molecular weight is 910 g/mol. The molecule has 0 aliphatic carbocycles. The molecule has 8 rings (SSSR count). The van der Waals surface area contributed by atoms with E-state index in [0.717, 1.165) is 89.1 Å². The van der Waals surface area contributed by atoms with Crippen LogP contribution in [0.15, 0.2) is 89.7 Å². The number of amides is 3. The Labute approximate surface area is 385 Å². The molecule has 4 heterocycles. The Morgan fingerprint density at radius 3 is 2.28 bits per heavy atom. The highest BCUT2D eigenvalue weighted by Crippen LogP contribution is 2.36. The summed E-state index contributed by atoms with van der Waals surface area (Å²) in [4.78, 5) is 57.2. The number of hydrogen-bond acceptors (Lipinski definition) is 9. The van der Waals surface area contributed by atoms with Gasteiger partial charge in [-0.2, -0.15) is 11.8 Å². The zero-order chi connectivity index (χ0) is 45.3. The van der Waals surface area contributed by atoms with Gasteiger partial charge >= 0.3 is 5.69 Å². The molecule has 0 bridgehead atoms. The molecule has 1 unspecified atom stereocenters. The minimum Gasteiger partial charge on any atom is -0.493 e. The van der Waals surface area contributed by atoms with Gasteiger partial charge in [0.25, 0.3) is 0 Å². The molecule has 2 saturated heterocycles. The molecule has 340 valence electrons. The van der Waals surface area contributed by atoms with Gasteiger partial charge in [0, 0.05) is 55.8 Å². The third-order valence-electron chi connectivity index (χ3n) is 12.4. The number of imidazole rings is 1. The number of halogens is 1. The van der Waals surface area contributed by atoms with Crippen LogP contribution in [0.1, 0.15) is 68.7 Å². The molecule has 5 aromatic rings. The lowest BCUT2D eigenvalue weighted by atomic mass is 9.96. The first-order chi connectivity index (χ1) is 30.9. The van der Waals surface area contributed by atoms with Gasteiger partial charge in [-0.15, -0.1) is 0 Å². The van der Waals surface area contributed by atoms with Crippen molar-refractivity contribution >= 4 is 63.5 Å². The number of ether oxygens (including phenoxy) is 2. The molecule has 1 N–H and O–H groups in total. The average Bonchev–Trinajstić information content (AvgIpc) is 3.53. The largest absolute Gasteiger partial charge is 0.493 e. The van der Waals surface area contributed by atoms with Crippen molar-refractivity contribution in [2.45, 2.75) is 77.5 Å². The maximum Gasteiger partial charge on any atom is 0.329 e. The number of hydrogen-bond donors (Lipinski definition) is 1. The second kappa shape index (κ2) is 21.6. The topological polar surface area (TPSA) is 118 Å². The van der Waals surface area contributed by atoms with E-state index in [1.165, 1.54) is 23.0 Å². The maximum atomic E-state index is 13.2. The number of nitrogens with zero attached hydrogens (tertiary/aromatic N) is 5. The molecule has 12 nitrogen and oxygen atoms in total. The van der Waals surface area contributed by atoms with Gasteiger partial charge in [-0.1, -0.05) is 35.9 Å². The van der Waals surface area contributed by atoms with Crippen LogP contribution in [0.4, 0.5) is 11.4 Å². The van der Waals surface area contributed by atoms with E-state index in [0.29, 0.717) is 36.8 Å². The van der Waals surface area contributed by atoms with Crippen LogP contribution in [0.25, 0.3) is 11.0 Å². The van der Waals surface area contributed by atoms with Crippen LogP contribution in [0, 0.1) is 5.92 Å². The number of aromatic nitrogens is 2. The lowest BCUT2D eigenvalue weighted by Crippen LogP contribution is -2.44. The molecule has 0 saturated carbocycles. The Bertz CT molecular complexity index is 2460. The van der Waals surface area contributed by atoms with E-state index in [1.807, 2.05) is 79.0 Å². The normalized spacial score (nSPS) is 17.0. The molecule has 64 heavy (non-hydrogen) atoms.